The summed E-state index contributed by atoms with van der Waals surface area (Å²) in [5, 5.41) is 13.5. The number of carbonyl (C=O) groups is 1. The van der Waals surface area contributed by atoms with Crippen LogP contribution in [0, 0.1) is 0 Å². The fraction of sp³-hybridized carbons (Fsp3) is 0.611. The molecule has 3 saturated heterocycles. The second-order valence-electron chi connectivity index (χ2n) is 6.90. The minimum Gasteiger partial charge on any atom is -0.462 e. The highest BCUT2D eigenvalue weighted by Crippen LogP contribution is 2.43. The van der Waals surface area contributed by atoms with Crippen molar-refractivity contribution in [2.45, 2.75) is 62.0 Å². The Bertz CT molecular complexity index is 570. The Morgan fingerprint density at radius 2 is 1.96 bits per heavy atom. The van der Waals surface area contributed by atoms with Crippen LogP contribution in [0.5, 0.6) is 0 Å². The molecule has 0 amide bonds. The fourth-order valence-electron chi connectivity index (χ4n) is 4.17. The van der Waals surface area contributed by atoms with Gasteiger partial charge in [0.1, 0.15) is 23.7 Å². The molecular weight excluding hydrogens is 294 g/mol. The molecule has 4 unspecified atom stereocenters. The zero-order valence-corrected chi connectivity index (χ0v) is 13.3. The lowest BCUT2D eigenvalue weighted by Gasteiger charge is -2.35. The fourth-order valence-corrected chi connectivity index (χ4v) is 4.17. The minimum atomic E-state index is -0.968. The van der Waals surface area contributed by atoms with E-state index in [9.17, 15) is 9.90 Å². The molecule has 3 fully saturated rings. The molecule has 3 heterocycles. The lowest BCUT2D eigenvalue weighted by molar-refractivity contribution is -0.160. The highest BCUT2D eigenvalue weighted by Gasteiger charge is 2.60. The SMILES string of the molecule is CC[C@](CO)(C(=O)OC1CC2NC(C1)C1OC21)c1ccccc1. The van der Waals surface area contributed by atoms with E-state index in [1.54, 1.807) is 0 Å². The van der Waals surface area contributed by atoms with Crippen molar-refractivity contribution in [1.29, 1.82) is 0 Å². The molecular formula is C18H23NO4. The van der Waals surface area contributed by atoms with Gasteiger partial charge in [-0.3, -0.25) is 4.79 Å². The number of fused-ring (bicyclic) bond motifs is 5. The zero-order chi connectivity index (χ0) is 16.0. The van der Waals surface area contributed by atoms with E-state index in [1.165, 1.54) is 0 Å². The Morgan fingerprint density at radius 3 is 2.52 bits per heavy atom. The predicted molar refractivity (Wildman–Crippen MR) is 84.0 cm³/mol. The highest BCUT2D eigenvalue weighted by molar-refractivity contribution is 5.83. The van der Waals surface area contributed by atoms with Crippen molar-refractivity contribution in [1.82, 2.24) is 5.32 Å². The molecule has 0 aromatic heterocycles. The molecule has 3 aliphatic rings. The van der Waals surface area contributed by atoms with Crippen LogP contribution in [0.4, 0.5) is 0 Å². The van der Waals surface area contributed by atoms with E-state index >= 15 is 0 Å². The number of piperidine rings is 1. The third-order valence-electron chi connectivity index (χ3n) is 5.68. The maximum Gasteiger partial charge on any atom is 0.319 e. The second kappa shape index (κ2) is 5.58. The van der Waals surface area contributed by atoms with Crippen molar-refractivity contribution < 1.29 is 19.4 Å². The summed E-state index contributed by atoms with van der Waals surface area (Å²) in [6.07, 6.45) is 2.64. The molecule has 1 aromatic rings. The summed E-state index contributed by atoms with van der Waals surface area (Å²) in [6.45, 7) is 1.68. The average Bonchev–Trinajstić information content (AvgIpc) is 3.33. The molecule has 2 N–H and O–H groups in total. The standard InChI is InChI=1S/C18H23NO4/c1-2-18(10-20,11-6-4-3-5-7-11)17(21)22-12-8-13-15-16(23-15)14(9-12)19-13/h3-7,12-16,19-20H,2,8-10H2,1H3/t12?,13?,14?,15?,16?,18-/m1/s1. The first-order valence-electron chi connectivity index (χ1n) is 8.47. The predicted octanol–water partition coefficient (Wildman–Crippen LogP) is 1.14. The van der Waals surface area contributed by atoms with E-state index < -0.39 is 5.41 Å². The first-order chi connectivity index (χ1) is 11.2. The summed E-state index contributed by atoms with van der Waals surface area (Å²) in [5.74, 6) is -0.311. The van der Waals surface area contributed by atoms with E-state index in [0.29, 0.717) is 30.7 Å². The first kappa shape index (κ1) is 15.1. The van der Waals surface area contributed by atoms with Crippen molar-refractivity contribution in [2.24, 2.45) is 0 Å². The van der Waals surface area contributed by atoms with Gasteiger partial charge in [0.05, 0.1) is 6.61 Å². The first-order valence-corrected chi connectivity index (χ1v) is 8.47. The number of morpholine rings is 1. The van der Waals surface area contributed by atoms with E-state index in [2.05, 4.69) is 5.32 Å². The largest absolute Gasteiger partial charge is 0.462 e. The molecule has 5 heteroatoms. The van der Waals surface area contributed by atoms with Gasteiger partial charge in [0, 0.05) is 24.9 Å². The van der Waals surface area contributed by atoms with Gasteiger partial charge in [0.2, 0.25) is 0 Å². The molecule has 4 rings (SSSR count). The number of ether oxygens (including phenoxy) is 2. The molecule has 0 saturated carbocycles. The molecule has 124 valence electrons. The summed E-state index contributed by atoms with van der Waals surface area (Å²) in [5.41, 5.74) is -0.150. The Morgan fingerprint density at radius 1 is 1.30 bits per heavy atom. The van der Waals surface area contributed by atoms with Crippen molar-refractivity contribution in [3.05, 3.63) is 35.9 Å². The molecule has 3 aliphatic heterocycles. The smallest absolute Gasteiger partial charge is 0.319 e. The number of hydrogen-bond donors (Lipinski definition) is 2. The van der Waals surface area contributed by atoms with Crippen molar-refractivity contribution in [3.63, 3.8) is 0 Å². The van der Waals surface area contributed by atoms with E-state index in [4.69, 9.17) is 9.47 Å². The molecule has 0 spiro atoms. The molecule has 5 atom stereocenters. The van der Waals surface area contributed by atoms with E-state index in [1.807, 2.05) is 37.3 Å². The number of nitrogens with one attached hydrogen (secondary N) is 1. The number of rotatable bonds is 5. The quantitative estimate of drug-likeness (QED) is 0.629. The van der Waals surface area contributed by atoms with E-state index in [-0.39, 0.29) is 18.7 Å². The Hall–Kier alpha value is -1.43. The summed E-state index contributed by atoms with van der Waals surface area (Å²) < 4.78 is 11.5. The lowest BCUT2D eigenvalue weighted by Crippen LogP contribution is -2.49. The van der Waals surface area contributed by atoms with Crippen LogP contribution in [0.15, 0.2) is 30.3 Å². The van der Waals surface area contributed by atoms with Crippen molar-refractivity contribution in [2.75, 3.05) is 6.61 Å². The number of carbonyl (C=O) groups excluding carboxylic acids is 1. The number of epoxide rings is 1. The maximum atomic E-state index is 12.9. The molecule has 0 radical (unpaired) electrons. The molecule has 23 heavy (non-hydrogen) atoms. The van der Waals surface area contributed by atoms with Crippen molar-refractivity contribution >= 4 is 5.97 Å². The Kier molecular flexibility index (Phi) is 3.67. The monoisotopic (exact) mass is 317 g/mol. The molecule has 0 aliphatic carbocycles. The third-order valence-corrected chi connectivity index (χ3v) is 5.68. The maximum absolute atomic E-state index is 12.9. The Labute approximate surface area is 136 Å². The normalized spacial score (nSPS) is 36.9. The van der Waals surface area contributed by atoms with Gasteiger partial charge in [-0.1, -0.05) is 37.3 Å². The topological polar surface area (TPSA) is 71.1 Å². The number of benzene rings is 1. The van der Waals surface area contributed by atoms with Gasteiger partial charge in [-0.25, -0.2) is 0 Å². The van der Waals surface area contributed by atoms with Crippen LogP contribution in [0.25, 0.3) is 0 Å². The van der Waals surface area contributed by atoms with Crippen LogP contribution in [-0.4, -0.2) is 48.1 Å². The third kappa shape index (κ3) is 2.38. The van der Waals surface area contributed by atoms with Gasteiger partial charge in [0.25, 0.3) is 0 Å². The van der Waals surface area contributed by atoms with Crippen LogP contribution in [-0.2, 0) is 19.7 Å². The number of aliphatic hydroxyl groups excluding tert-OH is 1. The van der Waals surface area contributed by atoms with Gasteiger partial charge in [-0.2, -0.15) is 0 Å². The second-order valence-corrected chi connectivity index (χ2v) is 6.90. The lowest BCUT2D eigenvalue weighted by atomic mass is 9.78. The molecule has 5 nitrogen and oxygen atoms in total. The number of esters is 1. The number of aliphatic hydroxyl groups is 1. The average molecular weight is 317 g/mol. The highest BCUT2D eigenvalue weighted by atomic mass is 16.6. The summed E-state index contributed by atoms with van der Waals surface area (Å²) in [4.78, 5) is 12.9. The van der Waals surface area contributed by atoms with Crippen LogP contribution >= 0.6 is 0 Å². The van der Waals surface area contributed by atoms with Gasteiger partial charge < -0.3 is 19.9 Å². The summed E-state index contributed by atoms with van der Waals surface area (Å²) >= 11 is 0. The minimum absolute atomic E-state index is 0.0867. The molecule has 2 bridgehead atoms. The molecule has 1 aromatic carbocycles. The van der Waals surface area contributed by atoms with Gasteiger partial charge in [0.15, 0.2) is 0 Å². The Balaban J connectivity index is 1.50. The summed E-state index contributed by atoms with van der Waals surface area (Å²) in [6, 6.07) is 10.1. The zero-order valence-electron chi connectivity index (χ0n) is 13.3. The van der Waals surface area contributed by atoms with Gasteiger partial charge in [-0.15, -0.1) is 0 Å². The van der Waals surface area contributed by atoms with Gasteiger partial charge in [-0.05, 0) is 12.0 Å². The van der Waals surface area contributed by atoms with Crippen LogP contribution < -0.4 is 5.32 Å². The summed E-state index contributed by atoms with van der Waals surface area (Å²) in [7, 11) is 0. The van der Waals surface area contributed by atoms with Crippen LogP contribution in [0.1, 0.15) is 31.7 Å². The van der Waals surface area contributed by atoms with Gasteiger partial charge >= 0.3 is 5.97 Å². The number of hydrogen-bond acceptors (Lipinski definition) is 5. The van der Waals surface area contributed by atoms with Crippen molar-refractivity contribution in [3.8, 4) is 0 Å². The van der Waals surface area contributed by atoms with E-state index in [0.717, 1.165) is 18.4 Å². The van der Waals surface area contributed by atoms with Crippen LogP contribution in [0.3, 0.4) is 0 Å². The van der Waals surface area contributed by atoms with Crippen LogP contribution in [0.2, 0.25) is 0 Å².